The quantitative estimate of drug-likeness (QED) is 0.560. The zero-order chi connectivity index (χ0) is 11.4. The van der Waals surface area contributed by atoms with E-state index in [-0.39, 0.29) is 23.8 Å². The fraction of sp³-hybridized carbons (Fsp3) is 0.778. The lowest BCUT2D eigenvalue weighted by molar-refractivity contribution is -0.128. The van der Waals surface area contributed by atoms with Crippen LogP contribution in [0, 0.1) is 5.41 Å². The fourth-order valence-electron chi connectivity index (χ4n) is 0.759. The topological polar surface area (TPSA) is 84.2 Å². The van der Waals surface area contributed by atoms with Crippen molar-refractivity contribution in [2.75, 3.05) is 13.6 Å². The van der Waals surface area contributed by atoms with E-state index in [0.29, 0.717) is 0 Å². The molecule has 2 amide bonds. The number of nitrogens with one attached hydrogen (secondary N) is 2. The Balaban J connectivity index is 4.04. The van der Waals surface area contributed by atoms with Gasteiger partial charge in [0.1, 0.15) is 0 Å². The number of nitrogens with two attached hydrogens (primary N) is 1. The van der Waals surface area contributed by atoms with E-state index in [1.54, 1.807) is 0 Å². The van der Waals surface area contributed by atoms with Crippen molar-refractivity contribution in [1.82, 2.24) is 10.6 Å². The van der Waals surface area contributed by atoms with Crippen molar-refractivity contribution in [3.05, 3.63) is 0 Å². The lowest BCUT2D eigenvalue weighted by Crippen LogP contribution is -2.50. The third-order valence-corrected chi connectivity index (χ3v) is 1.92. The Labute approximate surface area is 84.4 Å². The first-order valence-electron chi connectivity index (χ1n) is 4.53. The van der Waals surface area contributed by atoms with Gasteiger partial charge in [-0.2, -0.15) is 0 Å². The van der Waals surface area contributed by atoms with Crippen LogP contribution in [-0.4, -0.2) is 31.4 Å². The highest BCUT2D eigenvalue weighted by atomic mass is 16.2. The lowest BCUT2D eigenvalue weighted by Gasteiger charge is -2.25. The highest BCUT2D eigenvalue weighted by Gasteiger charge is 2.27. The third kappa shape index (κ3) is 4.23. The van der Waals surface area contributed by atoms with Gasteiger partial charge >= 0.3 is 0 Å². The number of likely N-dealkylation sites (N-methyl/N-ethyl adjacent to an activating group) is 1. The van der Waals surface area contributed by atoms with E-state index in [1.807, 2.05) is 20.8 Å². The molecule has 0 aromatic heterocycles. The highest BCUT2D eigenvalue weighted by molar-refractivity contribution is 5.87. The summed E-state index contributed by atoms with van der Waals surface area (Å²) in [5.41, 5.74) is 5.38. The summed E-state index contributed by atoms with van der Waals surface area (Å²) < 4.78 is 0. The molecule has 0 radical (unpaired) electrons. The molecule has 0 aliphatic carbocycles. The van der Waals surface area contributed by atoms with Gasteiger partial charge in [-0.15, -0.1) is 0 Å². The molecule has 0 saturated carbocycles. The summed E-state index contributed by atoms with van der Waals surface area (Å²) in [6.45, 7) is 5.59. The normalized spacial score (nSPS) is 13.2. The van der Waals surface area contributed by atoms with Gasteiger partial charge in [0, 0.05) is 7.05 Å². The summed E-state index contributed by atoms with van der Waals surface area (Å²) in [6.07, 6.45) is 0. The van der Waals surface area contributed by atoms with E-state index in [2.05, 4.69) is 10.6 Å². The summed E-state index contributed by atoms with van der Waals surface area (Å²) in [5, 5.41) is 4.87. The summed E-state index contributed by atoms with van der Waals surface area (Å²) in [7, 11) is 1.51. The molecule has 0 aromatic rings. The van der Waals surface area contributed by atoms with Gasteiger partial charge in [0.05, 0.1) is 12.6 Å². The van der Waals surface area contributed by atoms with Crippen LogP contribution in [0.25, 0.3) is 0 Å². The second kappa shape index (κ2) is 4.95. The maximum absolute atomic E-state index is 11.4. The minimum absolute atomic E-state index is 0.0287. The van der Waals surface area contributed by atoms with Crippen LogP contribution in [0.4, 0.5) is 0 Å². The van der Waals surface area contributed by atoms with Crippen molar-refractivity contribution in [2.45, 2.75) is 26.8 Å². The molecule has 14 heavy (non-hydrogen) atoms. The molecule has 0 aliphatic heterocycles. The van der Waals surface area contributed by atoms with Crippen LogP contribution in [0.3, 0.4) is 0 Å². The Morgan fingerprint density at radius 3 is 2.21 bits per heavy atom. The molecular weight excluding hydrogens is 182 g/mol. The Hall–Kier alpha value is -1.10. The number of hydrogen-bond acceptors (Lipinski definition) is 3. The molecule has 0 fully saturated rings. The smallest absolute Gasteiger partial charge is 0.239 e. The molecule has 0 rings (SSSR count). The fourth-order valence-corrected chi connectivity index (χ4v) is 0.759. The van der Waals surface area contributed by atoms with Crippen molar-refractivity contribution >= 4 is 11.8 Å². The van der Waals surface area contributed by atoms with Gasteiger partial charge in [0.15, 0.2) is 0 Å². The molecule has 0 aromatic carbocycles. The number of amides is 2. The van der Waals surface area contributed by atoms with Gasteiger partial charge in [-0.05, 0) is 5.41 Å². The van der Waals surface area contributed by atoms with Gasteiger partial charge in [0.25, 0.3) is 0 Å². The first-order valence-corrected chi connectivity index (χ1v) is 4.53. The van der Waals surface area contributed by atoms with Crippen LogP contribution in [0.2, 0.25) is 0 Å². The van der Waals surface area contributed by atoms with Gasteiger partial charge in [-0.1, -0.05) is 20.8 Å². The van der Waals surface area contributed by atoms with E-state index in [9.17, 15) is 9.59 Å². The monoisotopic (exact) mass is 201 g/mol. The predicted octanol–water partition coefficient (Wildman–Crippen LogP) is -0.778. The summed E-state index contributed by atoms with van der Waals surface area (Å²) in [4.78, 5) is 22.2. The second-order valence-electron chi connectivity index (χ2n) is 4.23. The molecule has 0 saturated heterocycles. The van der Waals surface area contributed by atoms with Gasteiger partial charge < -0.3 is 16.4 Å². The van der Waals surface area contributed by atoms with Gasteiger partial charge in [0.2, 0.25) is 11.8 Å². The zero-order valence-electron chi connectivity index (χ0n) is 9.18. The van der Waals surface area contributed by atoms with Crippen molar-refractivity contribution in [1.29, 1.82) is 0 Å². The summed E-state index contributed by atoms with van der Waals surface area (Å²) >= 11 is 0. The number of carbonyl (C=O) groups is 2. The molecule has 0 unspecified atom stereocenters. The molecule has 5 nitrogen and oxygen atoms in total. The molecule has 0 heterocycles. The van der Waals surface area contributed by atoms with E-state index in [1.165, 1.54) is 7.05 Å². The molecular formula is C9H19N3O2. The zero-order valence-corrected chi connectivity index (χ0v) is 9.18. The Morgan fingerprint density at radius 2 is 1.86 bits per heavy atom. The standard InChI is InChI=1S/C9H19N3O2/c1-9(2,3)7(10)8(14)12-5-6(13)11-4/h7H,5,10H2,1-4H3,(H,11,13)(H,12,14)/t7-/m1/s1. The second-order valence-corrected chi connectivity index (χ2v) is 4.23. The molecule has 1 atom stereocenters. The third-order valence-electron chi connectivity index (χ3n) is 1.92. The van der Waals surface area contributed by atoms with Crippen molar-refractivity contribution in [2.24, 2.45) is 11.1 Å². The maximum atomic E-state index is 11.4. The molecule has 0 bridgehead atoms. The van der Waals surface area contributed by atoms with Crippen molar-refractivity contribution in [3.8, 4) is 0 Å². The average Bonchev–Trinajstić information content (AvgIpc) is 2.10. The summed E-state index contributed by atoms with van der Waals surface area (Å²) in [5.74, 6) is -0.541. The van der Waals surface area contributed by atoms with Gasteiger partial charge in [-0.25, -0.2) is 0 Å². The Morgan fingerprint density at radius 1 is 1.36 bits per heavy atom. The largest absolute Gasteiger partial charge is 0.358 e. The molecule has 4 N–H and O–H groups in total. The first kappa shape index (κ1) is 12.9. The van der Waals surface area contributed by atoms with Crippen LogP contribution in [0.1, 0.15) is 20.8 Å². The van der Waals surface area contributed by atoms with Crippen LogP contribution >= 0.6 is 0 Å². The highest BCUT2D eigenvalue weighted by Crippen LogP contribution is 2.16. The summed E-state index contributed by atoms with van der Waals surface area (Å²) in [6, 6.07) is -0.604. The van der Waals surface area contributed by atoms with Gasteiger partial charge in [-0.3, -0.25) is 9.59 Å². The number of hydrogen-bond donors (Lipinski definition) is 3. The van der Waals surface area contributed by atoms with E-state index in [0.717, 1.165) is 0 Å². The van der Waals surface area contributed by atoms with E-state index in [4.69, 9.17) is 5.73 Å². The molecule has 0 aliphatic rings. The SMILES string of the molecule is CNC(=O)CNC(=O)[C@@H](N)C(C)(C)C. The van der Waals surface area contributed by atoms with Crippen molar-refractivity contribution in [3.63, 3.8) is 0 Å². The Kier molecular flexibility index (Phi) is 4.56. The van der Waals surface area contributed by atoms with Crippen LogP contribution in [0.5, 0.6) is 0 Å². The minimum Gasteiger partial charge on any atom is -0.358 e. The van der Waals surface area contributed by atoms with Crippen LogP contribution in [-0.2, 0) is 9.59 Å². The minimum atomic E-state index is -0.604. The van der Waals surface area contributed by atoms with Crippen molar-refractivity contribution < 1.29 is 9.59 Å². The predicted molar refractivity (Wildman–Crippen MR) is 54.5 cm³/mol. The molecule has 0 spiro atoms. The maximum Gasteiger partial charge on any atom is 0.239 e. The Bertz CT molecular complexity index is 221. The molecule has 5 heteroatoms. The average molecular weight is 201 g/mol. The molecule has 82 valence electrons. The lowest BCUT2D eigenvalue weighted by atomic mass is 9.87. The van der Waals surface area contributed by atoms with E-state index < -0.39 is 6.04 Å². The van der Waals surface area contributed by atoms with Crippen LogP contribution < -0.4 is 16.4 Å². The number of rotatable bonds is 3. The number of carbonyl (C=O) groups excluding carboxylic acids is 2. The van der Waals surface area contributed by atoms with E-state index >= 15 is 0 Å². The first-order chi connectivity index (χ1) is 6.29. The van der Waals surface area contributed by atoms with Crippen LogP contribution in [0.15, 0.2) is 0 Å².